The van der Waals surface area contributed by atoms with Gasteiger partial charge in [0.05, 0.1) is 0 Å². The Morgan fingerprint density at radius 3 is 2.65 bits per heavy atom. The van der Waals surface area contributed by atoms with Gasteiger partial charge in [0.25, 0.3) is 0 Å². The molecule has 4 heteroatoms. The van der Waals surface area contributed by atoms with Gasteiger partial charge in [0.15, 0.2) is 11.6 Å². The van der Waals surface area contributed by atoms with Gasteiger partial charge in [-0.25, -0.2) is 4.39 Å². The van der Waals surface area contributed by atoms with Crippen LogP contribution in [0.15, 0.2) is 42.7 Å². The molecular weight excluding hydrogens is 285 g/mol. The van der Waals surface area contributed by atoms with E-state index in [-0.39, 0.29) is 5.82 Å². The lowest BCUT2D eigenvalue weighted by Gasteiger charge is -2.10. The molecule has 2 nitrogen and oxygen atoms in total. The van der Waals surface area contributed by atoms with E-state index in [0.29, 0.717) is 17.7 Å². The van der Waals surface area contributed by atoms with Gasteiger partial charge in [0, 0.05) is 23.3 Å². The molecule has 0 bridgehead atoms. The molecule has 0 radical (unpaired) electrons. The van der Waals surface area contributed by atoms with Crippen LogP contribution in [0.25, 0.3) is 0 Å². The van der Waals surface area contributed by atoms with Crippen molar-refractivity contribution in [3.05, 3.63) is 59.7 Å². The summed E-state index contributed by atoms with van der Waals surface area (Å²) in [4.78, 5) is 3.91. The molecule has 2 rings (SSSR count). The predicted octanol–water partition coefficient (Wildman–Crippen LogP) is 3.69. The molecule has 0 saturated carbocycles. The molecule has 0 atom stereocenters. The number of benzene rings is 1. The van der Waals surface area contributed by atoms with Crippen molar-refractivity contribution in [1.29, 1.82) is 0 Å². The Labute approximate surface area is 108 Å². The molecule has 2 aromatic rings. The molecule has 1 heterocycles. The van der Waals surface area contributed by atoms with Crippen LogP contribution in [0.5, 0.6) is 5.75 Å². The summed E-state index contributed by atoms with van der Waals surface area (Å²) in [6.07, 6.45) is 3.37. The summed E-state index contributed by atoms with van der Waals surface area (Å²) < 4.78 is 19.1. The Kier molecular flexibility index (Phi) is 4.09. The van der Waals surface area contributed by atoms with Gasteiger partial charge in [-0.1, -0.05) is 28.1 Å². The Morgan fingerprint density at radius 1 is 1.18 bits per heavy atom. The average molecular weight is 296 g/mol. The number of nitrogens with zero attached hydrogens (tertiary/aromatic N) is 1. The van der Waals surface area contributed by atoms with Crippen LogP contribution in [0.2, 0.25) is 0 Å². The maximum atomic E-state index is 13.6. The van der Waals surface area contributed by atoms with Crippen LogP contribution < -0.4 is 4.74 Å². The van der Waals surface area contributed by atoms with Crippen LogP contribution in [0.3, 0.4) is 0 Å². The summed E-state index contributed by atoms with van der Waals surface area (Å²) in [5.41, 5.74) is 1.77. The van der Waals surface area contributed by atoms with E-state index in [1.165, 1.54) is 6.07 Å². The van der Waals surface area contributed by atoms with Crippen molar-refractivity contribution in [3.8, 4) is 5.75 Å². The molecular formula is C13H11BrFNO. The van der Waals surface area contributed by atoms with Crippen molar-refractivity contribution in [1.82, 2.24) is 4.98 Å². The lowest BCUT2D eigenvalue weighted by atomic mass is 10.2. The number of alkyl halides is 1. The highest BCUT2D eigenvalue weighted by Crippen LogP contribution is 2.25. The fraction of sp³-hybridized carbons (Fsp3) is 0.154. The van der Waals surface area contributed by atoms with E-state index in [9.17, 15) is 4.39 Å². The third kappa shape index (κ3) is 3.03. The second kappa shape index (κ2) is 5.77. The summed E-state index contributed by atoms with van der Waals surface area (Å²) in [6, 6.07) is 8.59. The van der Waals surface area contributed by atoms with Crippen molar-refractivity contribution < 1.29 is 9.13 Å². The number of pyridine rings is 1. The molecule has 0 saturated heterocycles. The fourth-order valence-corrected chi connectivity index (χ4v) is 1.90. The lowest BCUT2D eigenvalue weighted by molar-refractivity contribution is 0.288. The molecule has 0 spiro atoms. The van der Waals surface area contributed by atoms with Gasteiger partial charge in [-0.15, -0.1) is 0 Å². The maximum absolute atomic E-state index is 13.6. The largest absolute Gasteiger partial charge is 0.486 e. The van der Waals surface area contributed by atoms with Crippen LogP contribution in [0.1, 0.15) is 11.1 Å². The zero-order valence-electron chi connectivity index (χ0n) is 9.07. The summed E-state index contributed by atoms with van der Waals surface area (Å²) in [6.45, 7) is 0.337. The third-order valence-electron chi connectivity index (χ3n) is 2.33. The molecule has 0 aliphatic heterocycles. The van der Waals surface area contributed by atoms with Crippen molar-refractivity contribution in [2.24, 2.45) is 0 Å². The molecule has 1 aromatic heterocycles. The van der Waals surface area contributed by atoms with E-state index >= 15 is 0 Å². The van der Waals surface area contributed by atoms with Gasteiger partial charge >= 0.3 is 0 Å². The van der Waals surface area contributed by atoms with Gasteiger partial charge < -0.3 is 4.74 Å². The van der Waals surface area contributed by atoms with Gasteiger partial charge in [-0.05, 0) is 23.8 Å². The third-order valence-corrected chi connectivity index (χ3v) is 2.93. The van der Waals surface area contributed by atoms with E-state index in [1.54, 1.807) is 18.5 Å². The average Bonchev–Trinajstić information content (AvgIpc) is 2.38. The van der Waals surface area contributed by atoms with Crippen LogP contribution in [-0.2, 0) is 11.9 Å². The zero-order chi connectivity index (χ0) is 12.1. The molecule has 17 heavy (non-hydrogen) atoms. The number of halogens is 2. The number of para-hydroxylation sites is 1. The monoisotopic (exact) mass is 295 g/mol. The molecule has 0 aliphatic carbocycles. The Bertz CT molecular complexity index is 490. The Hall–Kier alpha value is -1.42. The first-order valence-electron chi connectivity index (χ1n) is 5.16. The van der Waals surface area contributed by atoms with E-state index in [0.717, 1.165) is 11.1 Å². The van der Waals surface area contributed by atoms with Crippen molar-refractivity contribution in [2.45, 2.75) is 11.9 Å². The highest BCUT2D eigenvalue weighted by atomic mass is 79.9. The second-order valence-electron chi connectivity index (χ2n) is 3.51. The molecule has 0 aliphatic rings. The van der Waals surface area contributed by atoms with Crippen molar-refractivity contribution in [2.75, 3.05) is 0 Å². The first kappa shape index (κ1) is 12.0. The van der Waals surface area contributed by atoms with Gasteiger partial charge in [-0.3, -0.25) is 4.98 Å². The molecule has 0 amide bonds. The summed E-state index contributed by atoms with van der Waals surface area (Å²) in [5, 5.41) is 0.566. The van der Waals surface area contributed by atoms with E-state index < -0.39 is 0 Å². The maximum Gasteiger partial charge on any atom is 0.165 e. The van der Waals surface area contributed by atoms with E-state index in [1.807, 2.05) is 18.2 Å². The molecule has 88 valence electrons. The van der Waals surface area contributed by atoms with Crippen LogP contribution in [0, 0.1) is 5.82 Å². The number of aromatic nitrogens is 1. The zero-order valence-corrected chi connectivity index (χ0v) is 10.7. The predicted molar refractivity (Wildman–Crippen MR) is 67.6 cm³/mol. The SMILES string of the molecule is Fc1cccc(CBr)c1OCc1ccncc1. The second-order valence-corrected chi connectivity index (χ2v) is 4.07. The minimum Gasteiger partial charge on any atom is -0.486 e. The molecule has 0 fully saturated rings. The highest BCUT2D eigenvalue weighted by molar-refractivity contribution is 9.08. The van der Waals surface area contributed by atoms with Gasteiger partial charge in [-0.2, -0.15) is 0 Å². The van der Waals surface area contributed by atoms with E-state index in [4.69, 9.17) is 4.74 Å². The van der Waals surface area contributed by atoms with Crippen molar-refractivity contribution >= 4 is 15.9 Å². The van der Waals surface area contributed by atoms with Crippen LogP contribution >= 0.6 is 15.9 Å². The minimum atomic E-state index is -0.337. The summed E-state index contributed by atoms with van der Waals surface area (Å²) >= 11 is 3.31. The van der Waals surface area contributed by atoms with Crippen LogP contribution in [0.4, 0.5) is 4.39 Å². The normalized spacial score (nSPS) is 10.2. The quantitative estimate of drug-likeness (QED) is 0.803. The topological polar surface area (TPSA) is 22.1 Å². The summed E-state index contributed by atoms with van der Waals surface area (Å²) in [7, 11) is 0. The molecule has 0 unspecified atom stereocenters. The summed E-state index contributed by atoms with van der Waals surface area (Å²) in [5.74, 6) is -0.0304. The van der Waals surface area contributed by atoms with Crippen LogP contribution in [-0.4, -0.2) is 4.98 Å². The number of hydrogen-bond acceptors (Lipinski definition) is 2. The first-order chi connectivity index (χ1) is 8.31. The number of ether oxygens (including phenoxy) is 1. The first-order valence-corrected chi connectivity index (χ1v) is 6.28. The number of hydrogen-bond donors (Lipinski definition) is 0. The smallest absolute Gasteiger partial charge is 0.165 e. The standard InChI is InChI=1S/C13H11BrFNO/c14-8-11-2-1-3-12(15)13(11)17-9-10-4-6-16-7-5-10/h1-7H,8-9H2. The van der Waals surface area contributed by atoms with Gasteiger partial charge in [0.1, 0.15) is 6.61 Å². The Balaban J connectivity index is 2.14. The highest BCUT2D eigenvalue weighted by Gasteiger charge is 2.08. The molecule has 0 N–H and O–H groups in total. The van der Waals surface area contributed by atoms with E-state index in [2.05, 4.69) is 20.9 Å². The fourth-order valence-electron chi connectivity index (χ4n) is 1.45. The molecule has 1 aromatic carbocycles. The minimum absolute atomic E-state index is 0.307. The lowest BCUT2D eigenvalue weighted by Crippen LogP contribution is -2.00. The number of rotatable bonds is 4. The van der Waals surface area contributed by atoms with Gasteiger partial charge in [0.2, 0.25) is 0 Å². The van der Waals surface area contributed by atoms with Crippen molar-refractivity contribution in [3.63, 3.8) is 0 Å². The Morgan fingerprint density at radius 2 is 1.94 bits per heavy atom.